The molecule has 2 rings (SSSR count). The van der Waals surface area contributed by atoms with E-state index in [0.717, 1.165) is 13.0 Å². The van der Waals surface area contributed by atoms with Crippen molar-refractivity contribution in [2.45, 2.75) is 44.6 Å². The molecule has 1 fully saturated rings. The molecule has 0 spiro atoms. The first-order valence-electron chi connectivity index (χ1n) is 6.72. The molecule has 7 heteroatoms. The molecule has 0 aliphatic carbocycles. The monoisotopic (exact) mass is 320 g/mol. The van der Waals surface area contributed by atoms with Gasteiger partial charge in [0.25, 0.3) is 0 Å². The molecule has 22 heavy (non-hydrogen) atoms. The Balaban J connectivity index is 2.55. The van der Waals surface area contributed by atoms with E-state index in [1.54, 1.807) is 0 Å². The van der Waals surface area contributed by atoms with Crippen molar-refractivity contribution < 1.29 is 32.2 Å². The van der Waals surface area contributed by atoms with E-state index in [1.807, 2.05) is 0 Å². The molecule has 1 aromatic rings. The lowest BCUT2D eigenvalue weighted by molar-refractivity contribution is -0.273. The van der Waals surface area contributed by atoms with E-state index < -0.39 is 41.5 Å². The Kier molecular flexibility index (Phi) is 3.97. The number of hydrogen-bond donors (Lipinski definition) is 1. The van der Waals surface area contributed by atoms with E-state index in [2.05, 4.69) is 0 Å². The molecule has 1 aliphatic heterocycles. The van der Waals surface area contributed by atoms with Crippen molar-refractivity contribution in [3.63, 3.8) is 0 Å². The van der Waals surface area contributed by atoms with Gasteiger partial charge in [-0.1, -0.05) is 13.0 Å². The molecular formula is C15H16F4O3. The minimum absolute atomic E-state index is 0.356. The molecule has 0 aromatic heterocycles. The molecule has 0 amide bonds. The van der Waals surface area contributed by atoms with E-state index in [1.165, 1.54) is 26.0 Å². The van der Waals surface area contributed by atoms with Crippen LogP contribution in [-0.2, 0) is 9.53 Å². The van der Waals surface area contributed by atoms with Gasteiger partial charge in [0.2, 0.25) is 0 Å². The second-order valence-corrected chi connectivity index (χ2v) is 5.80. The van der Waals surface area contributed by atoms with Crippen LogP contribution in [0.25, 0.3) is 0 Å². The number of carboxylic acid groups (broad SMARTS) is 1. The summed E-state index contributed by atoms with van der Waals surface area (Å²) in [5.41, 5.74) is -1.81. The zero-order valence-corrected chi connectivity index (χ0v) is 12.2. The third-order valence-electron chi connectivity index (χ3n) is 4.50. The summed E-state index contributed by atoms with van der Waals surface area (Å²) < 4.78 is 58.0. The van der Waals surface area contributed by atoms with Crippen LogP contribution in [0.4, 0.5) is 17.6 Å². The summed E-state index contributed by atoms with van der Waals surface area (Å²) in [5.74, 6) is -4.13. The molecule has 1 saturated heterocycles. The Bertz CT molecular complexity index is 599. The summed E-state index contributed by atoms with van der Waals surface area (Å²) in [6.07, 6.45) is -6.34. The van der Waals surface area contributed by atoms with Gasteiger partial charge in [-0.3, -0.25) is 0 Å². The summed E-state index contributed by atoms with van der Waals surface area (Å²) in [4.78, 5) is 11.4. The first-order chi connectivity index (χ1) is 9.99. The highest BCUT2D eigenvalue weighted by atomic mass is 19.4. The number of aryl methyl sites for hydroxylation is 1. The van der Waals surface area contributed by atoms with Crippen molar-refractivity contribution in [3.05, 3.63) is 35.1 Å². The first kappa shape index (κ1) is 16.7. The Morgan fingerprint density at radius 3 is 2.41 bits per heavy atom. The summed E-state index contributed by atoms with van der Waals surface area (Å²) in [6, 6.07) is 3.61. The molecule has 0 bridgehead atoms. The van der Waals surface area contributed by atoms with Crippen LogP contribution in [0.3, 0.4) is 0 Å². The van der Waals surface area contributed by atoms with Gasteiger partial charge in [-0.25, -0.2) is 9.18 Å². The average molecular weight is 320 g/mol. The van der Waals surface area contributed by atoms with Crippen molar-refractivity contribution in [2.24, 2.45) is 5.92 Å². The van der Waals surface area contributed by atoms with E-state index in [9.17, 15) is 27.5 Å². The summed E-state index contributed by atoms with van der Waals surface area (Å²) in [5, 5.41) is 9.24. The van der Waals surface area contributed by atoms with Crippen LogP contribution in [0.5, 0.6) is 0 Å². The van der Waals surface area contributed by atoms with Crippen molar-refractivity contribution in [1.82, 2.24) is 0 Å². The summed E-state index contributed by atoms with van der Waals surface area (Å²) >= 11 is 0. The second kappa shape index (κ2) is 5.22. The lowest BCUT2D eigenvalue weighted by Gasteiger charge is -2.31. The second-order valence-electron chi connectivity index (χ2n) is 5.80. The van der Waals surface area contributed by atoms with E-state index in [0.29, 0.717) is 11.1 Å². The molecule has 1 aromatic carbocycles. The Labute approximate surface area is 124 Å². The maximum Gasteiger partial charge on any atom is 0.417 e. The maximum atomic E-state index is 13.3. The third kappa shape index (κ3) is 2.47. The van der Waals surface area contributed by atoms with Gasteiger partial charge in [0.1, 0.15) is 5.82 Å². The fourth-order valence-electron chi connectivity index (χ4n) is 3.02. The van der Waals surface area contributed by atoms with E-state index in [4.69, 9.17) is 4.74 Å². The minimum atomic E-state index is -4.71. The predicted molar refractivity (Wildman–Crippen MR) is 70.0 cm³/mol. The molecule has 122 valence electrons. The van der Waals surface area contributed by atoms with Crippen LogP contribution in [0, 0.1) is 18.7 Å². The molecule has 1 aliphatic rings. The van der Waals surface area contributed by atoms with Crippen molar-refractivity contribution in [1.29, 1.82) is 0 Å². The first-order valence-corrected chi connectivity index (χ1v) is 6.72. The lowest BCUT2D eigenvalue weighted by atomic mass is 9.76. The standard InChI is InChI=1S/C15H16F4O3/c1-7-6-9(16)4-5-10(7)11-8(2)14(3,15(17,18)19)22-12(11)13(20)21/h4-6,8,11-12H,1-3H3,(H,20,21)/t8-,11-,12+,14+/m0/s1. The van der Waals surface area contributed by atoms with Gasteiger partial charge < -0.3 is 9.84 Å². The number of carboxylic acids is 1. The van der Waals surface area contributed by atoms with Gasteiger partial charge in [0.15, 0.2) is 11.7 Å². The molecule has 0 saturated carbocycles. The topological polar surface area (TPSA) is 46.5 Å². The predicted octanol–water partition coefficient (Wildman–Crippen LogP) is 3.66. The number of halogens is 4. The Hall–Kier alpha value is -1.63. The van der Waals surface area contributed by atoms with Crippen LogP contribution in [0.2, 0.25) is 0 Å². The smallest absolute Gasteiger partial charge is 0.417 e. The normalized spacial score (nSPS) is 32.2. The van der Waals surface area contributed by atoms with E-state index >= 15 is 0 Å². The fourth-order valence-corrected chi connectivity index (χ4v) is 3.02. The largest absolute Gasteiger partial charge is 0.479 e. The highest BCUT2D eigenvalue weighted by molar-refractivity contribution is 5.75. The molecule has 3 nitrogen and oxygen atoms in total. The van der Waals surface area contributed by atoms with Crippen LogP contribution >= 0.6 is 0 Å². The van der Waals surface area contributed by atoms with Crippen molar-refractivity contribution in [3.8, 4) is 0 Å². The van der Waals surface area contributed by atoms with Gasteiger partial charge in [0.05, 0.1) is 0 Å². The zero-order valence-electron chi connectivity index (χ0n) is 12.2. The van der Waals surface area contributed by atoms with Gasteiger partial charge in [-0.05, 0) is 37.1 Å². The Morgan fingerprint density at radius 1 is 1.36 bits per heavy atom. The minimum Gasteiger partial charge on any atom is -0.479 e. The molecular weight excluding hydrogens is 304 g/mol. The van der Waals surface area contributed by atoms with Crippen LogP contribution in [0.1, 0.15) is 30.9 Å². The quantitative estimate of drug-likeness (QED) is 0.846. The average Bonchev–Trinajstić information content (AvgIpc) is 2.64. The van der Waals surface area contributed by atoms with Crippen LogP contribution in [0.15, 0.2) is 18.2 Å². The third-order valence-corrected chi connectivity index (χ3v) is 4.50. The van der Waals surface area contributed by atoms with Crippen LogP contribution in [-0.4, -0.2) is 29.0 Å². The summed E-state index contributed by atoms with van der Waals surface area (Å²) in [7, 11) is 0. The maximum absolute atomic E-state index is 13.3. The highest BCUT2D eigenvalue weighted by Gasteiger charge is 2.65. The van der Waals surface area contributed by atoms with Crippen LogP contribution < -0.4 is 0 Å². The lowest BCUT2D eigenvalue weighted by Crippen LogP contribution is -2.47. The number of carbonyl (C=O) groups is 1. The SMILES string of the molecule is Cc1cc(F)ccc1[C@H]1[C@H](C(=O)O)O[C@@](C)(C(F)(F)F)[C@H]1C. The number of alkyl halides is 3. The number of aliphatic carboxylic acids is 1. The van der Waals surface area contributed by atoms with Crippen molar-refractivity contribution in [2.75, 3.05) is 0 Å². The highest BCUT2D eigenvalue weighted by Crippen LogP contribution is 2.53. The van der Waals surface area contributed by atoms with Gasteiger partial charge >= 0.3 is 12.1 Å². The summed E-state index contributed by atoms with van der Waals surface area (Å²) in [6.45, 7) is 3.70. The van der Waals surface area contributed by atoms with E-state index in [-0.39, 0.29) is 0 Å². The number of rotatable bonds is 2. The fraction of sp³-hybridized carbons (Fsp3) is 0.533. The zero-order chi connectivity index (χ0) is 16.9. The molecule has 4 atom stereocenters. The number of benzene rings is 1. The van der Waals surface area contributed by atoms with Gasteiger partial charge in [-0.2, -0.15) is 13.2 Å². The number of ether oxygens (including phenoxy) is 1. The van der Waals surface area contributed by atoms with Gasteiger partial charge in [0, 0.05) is 11.8 Å². The molecule has 0 radical (unpaired) electrons. The molecule has 1 heterocycles. The number of hydrogen-bond acceptors (Lipinski definition) is 2. The molecule has 0 unspecified atom stereocenters. The Morgan fingerprint density at radius 2 is 1.95 bits per heavy atom. The molecule has 1 N–H and O–H groups in total. The van der Waals surface area contributed by atoms with Crippen molar-refractivity contribution >= 4 is 5.97 Å². The van der Waals surface area contributed by atoms with Gasteiger partial charge in [-0.15, -0.1) is 0 Å².